The lowest BCUT2D eigenvalue weighted by Crippen LogP contribution is -2.17. The summed E-state index contributed by atoms with van der Waals surface area (Å²) in [6, 6.07) is 3.96. The molecule has 2 rings (SSSR count). The van der Waals surface area contributed by atoms with Crippen LogP contribution in [0.3, 0.4) is 0 Å². The predicted octanol–water partition coefficient (Wildman–Crippen LogP) is 1.96. The third-order valence-electron chi connectivity index (χ3n) is 2.85. The fourth-order valence-electron chi connectivity index (χ4n) is 1.71. The Morgan fingerprint density at radius 1 is 1.38 bits per heavy atom. The van der Waals surface area contributed by atoms with E-state index in [1.54, 1.807) is 12.4 Å². The van der Waals surface area contributed by atoms with Gasteiger partial charge in [0.25, 0.3) is 0 Å². The van der Waals surface area contributed by atoms with Crippen molar-refractivity contribution in [3.8, 4) is 0 Å². The number of pyridine rings is 1. The number of aliphatic hydroxyl groups is 1. The first kappa shape index (κ1) is 8.70. The second-order valence-electron chi connectivity index (χ2n) is 3.90. The molecule has 0 radical (unpaired) electrons. The van der Waals surface area contributed by atoms with E-state index in [0.717, 1.165) is 0 Å². The smallest absolute Gasteiger partial charge is 0.0634 e. The van der Waals surface area contributed by atoms with Gasteiger partial charge in [-0.15, -0.1) is 0 Å². The van der Waals surface area contributed by atoms with Crippen LogP contribution < -0.4 is 0 Å². The van der Waals surface area contributed by atoms with Gasteiger partial charge in [-0.3, -0.25) is 4.98 Å². The van der Waals surface area contributed by atoms with E-state index in [1.165, 1.54) is 18.4 Å². The molecular weight excluding hydrogens is 162 g/mol. The van der Waals surface area contributed by atoms with E-state index in [9.17, 15) is 5.11 Å². The van der Waals surface area contributed by atoms with Crippen LogP contribution in [0.5, 0.6) is 0 Å². The molecule has 0 aromatic carbocycles. The molecule has 1 heterocycles. The Balaban J connectivity index is 2.07. The summed E-state index contributed by atoms with van der Waals surface area (Å²) in [6.45, 7) is 2.08. The summed E-state index contributed by atoms with van der Waals surface area (Å²) in [5.41, 5.74) is 1.19. The van der Waals surface area contributed by atoms with E-state index in [2.05, 4.69) is 11.9 Å². The van der Waals surface area contributed by atoms with Crippen LogP contribution in [0.25, 0.3) is 0 Å². The molecule has 2 atom stereocenters. The highest BCUT2D eigenvalue weighted by atomic mass is 16.3. The molecule has 0 bridgehead atoms. The van der Waals surface area contributed by atoms with Gasteiger partial charge in [0.1, 0.15) is 0 Å². The minimum Gasteiger partial charge on any atom is -0.392 e. The van der Waals surface area contributed by atoms with E-state index in [1.807, 2.05) is 12.1 Å². The van der Waals surface area contributed by atoms with E-state index < -0.39 is 0 Å². The van der Waals surface area contributed by atoms with E-state index in [0.29, 0.717) is 5.92 Å². The van der Waals surface area contributed by atoms with Gasteiger partial charge in [-0.25, -0.2) is 0 Å². The van der Waals surface area contributed by atoms with E-state index >= 15 is 0 Å². The van der Waals surface area contributed by atoms with Gasteiger partial charge in [0, 0.05) is 18.3 Å². The third-order valence-corrected chi connectivity index (χ3v) is 2.85. The summed E-state index contributed by atoms with van der Waals surface area (Å²) in [4.78, 5) is 3.97. The Labute approximate surface area is 78.6 Å². The first-order valence-corrected chi connectivity index (χ1v) is 4.87. The second kappa shape index (κ2) is 3.46. The molecule has 2 heteroatoms. The Bertz CT molecular complexity index is 269. The van der Waals surface area contributed by atoms with Gasteiger partial charge < -0.3 is 5.11 Å². The van der Waals surface area contributed by atoms with Crippen LogP contribution in [0.2, 0.25) is 0 Å². The molecule has 13 heavy (non-hydrogen) atoms. The lowest BCUT2D eigenvalue weighted by molar-refractivity contribution is 0.126. The minimum atomic E-state index is -0.164. The number of nitrogens with zero attached hydrogens (tertiary/aromatic N) is 1. The van der Waals surface area contributed by atoms with Gasteiger partial charge in [-0.2, -0.15) is 0 Å². The zero-order chi connectivity index (χ0) is 9.26. The van der Waals surface area contributed by atoms with Crippen molar-refractivity contribution in [2.24, 2.45) is 5.92 Å². The molecule has 0 saturated heterocycles. The highest BCUT2D eigenvalue weighted by molar-refractivity contribution is 5.17. The van der Waals surface area contributed by atoms with Crippen LogP contribution in [0.15, 0.2) is 24.5 Å². The van der Waals surface area contributed by atoms with Crippen molar-refractivity contribution in [3.05, 3.63) is 30.1 Å². The van der Waals surface area contributed by atoms with Crippen LogP contribution in [-0.2, 0) is 0 Å². The van der Waals surface area contributed by atoms with Crippen molar-refractivity contribution in [1.82, 2.24) is 4.98 Å². The molecule has 1 aromatic rings. The molecule has 1 N–H and O–H groups in total. The SMILES string of the molecule is CC(c1ccncc1)C(O)C1CC1. The summed E-state index contributed by atoms with van der Waals surface area (Å²) in [5, 5.41) is 9.89. The van der Waals surface area contributed by atoms with Crippen molar-refractivity contribution in [2.75, 3.05) is 0 Å². The predicted molar refractivity (Wildman–Crippen MR) is 51.4 cm³/mol. The van der Waals surface area contributed by atoms with Crippen molar-refractivity contribution < 1.29 is 5.11 Å². The molecule has 2 nitrogen and oxygen atoms in total. The summed E-state index contributed by atoms with van der Waals surface area (Å²) in [5.74, 6) is 0.790. The normalized spacial score (nSPS) is 21.1. The summed E-state index contributed by atoms with van der Waals surface area (Å²) < 4.78 is 0. The molecule has 1 aliphatic carbocycles. The van der Waals surface area contributed by atoms with Crippen molar-refractivity contribution in [3.63, 3.8) is 0 Å². The highest BCUT2D eigenvalue weighted by Gasteiger charge is 2.33. The average Bonchev–Trinajstić information content (AvgIpc) is 3.00. The number of hydrogen-bond acceptors (Lipinski definition) is 2. The topological polar surface area (TPSA) is 33.1 Å². The molecule has 1 aromatic heterocycles. The monoisotopic (exact) mass is 177 g/mol. The number of aliphatic hydroxyl groups excluding tert-OH is 1. The Morgan fingerprint density at radius 2 is 2.00 bits per heavy atom. The van der Waals surface area contributed by atoms with Gasteiger partial charge >= 0.3 is 0 Å². The average molecular weight is 177 g/mol. The zero-order valence-corrected chi connectivity index (χ0v) is 7.85. The molecule has 1 fully saturated rings. The summed E-state index contributed by atoms with van der Waals surface area (Å²) >= 11 is 0. The van der Waals surface area contributed by atoms with Crippen molar-refractivity contribution in [1.29, 1.82) is 0 Å². The lowest BCUT2D eigenvalue weighted by Gasteiger charge is -2.18. The molecule has 1 saturated carbocycles. The van der Waals surface area contributed by atoms with Crippen LogP contribution in [0.4, 0.5) is 0 Å². The standard InChI is InChI=1S/C11H15NO/c1-8(11(13)10-2-3-10)9-4-6-12-7-5-9/h4-8,10-11,13H,2-3H2,1H3. The second-order valence-corrected chi connectivity index (χ2v) is 3.90. The van der Waals surface area contributed by atoms with Gasteiger partial charge in [-0.05, 0) is 36.5 Å². The maximum atomic E-state index is 9.89. The molecule has 0 amide bonds. The van der Waals surface area contributed by atoms with Crippen molar-refractivity contribution in [2.45, 2.75) is 31.8 Å². The van der Waals surface area contributed by atoms with E-state index in [-0.39, 0.29) is 12.0 Å². The van der Waals surface area contributed by atoms with Gasteiger partial charge in [0.15, 0.2) is 0 Å². The molecule has 1 aliphatic rings. The first-order chi connectivity index (χ1) is 6.29. The molecular formula is C11H15NO. The van der Waals surface area contributed by atoms with Gasteiger partial charge in [-0.1, -0.05) is 6.92 Å². The zero-order valence-electron chi connectivity index (χ0n) is 7.85. The van der Waals surface area contributed by atoms with E-state index in [4.69, 9.17) is 0 Å². The number of hydrogen-bond donors (Lipinski definition) is 1. The van der Waals surface area contributed by atoms with Crippen LogP contribution in [0.1, 0.15) is 31.2 Å². The van der Waals surface area contributed by atoms with Gasteiger partial charge in [0.2, 0.25) is 0 Å². The Kier molecular flexibility index (Phi) is 2.32. The minimum absolute atomic E-state index is 0.164. The molecule has 2 unspecified atom stereocenters. The maximum absolute atomic E-state index is 9.89. The fraction of sp³-hybridized carbons (Fsp3) is 0.545. The number of aromatic nitrogens is 1. The fourth-order valence-corrected chi connectivity index (χ4v) is 1.71. The van der Waals surface area contributed by atoms with Gasteiger partial charge in [0.05, 0.1) is 6.10 Å². The molecule has 0 spiro atoms. The quantitative estimate of drug-likeness (QED) is 0.765. The summed E-state index contributed by atoms with van der Waals surface area (Å²) in [6.07, 6.45) is 5.78. The third kappa shape index (κ3) is 1.89. The van der Waals surface area contributed by atoms with Crippen molar-refractivity contribution >= 4 is 0 Å². The van der Waals surface area contributed by atoms with Crippen LogP contribution in [0, 0.1) is 5.92 Å². The number of rotatable bonds is 3. The largest absolute Gasteiger partial charge is 0.392 e. The summed E-state index contributed by atoms with van der Waals surface area (Å²) in [7, 11) is 0. The molecule has 70 valence electrons. The highest BCUT2D eigenvalue weighted by Crippen LogP contribution is 2.38. The van der Waals surface area contributed by atoms with Crippen LogP contribution >= 0.6 is 0 Å². The maximum Gasteiger partial charge on any atom is 0.0634 e. The molecule has 0 aliphatic heterocycles. The lowest BCUT2D eigenvalue weighted by atomic mass is 9.93. The first-order valence-electron chi connectivity index (χ1n) is 4.87. The Hall–Kier alpha value is -0.890. The van der Waals surface area contributed by atoms with Crippen LogP contribution in [-0.4, -0.2) is 16.2 Å². The Morgan fingerprint density at radius 3 is 2.54 bits per heavy atom.